The molecule has 0 N–H and O–H groups in total. The van der Waals surface area contributed by atoms with E-state index in [1.54, 1.807) is 0 Å². The smallest absolute Gasteiger partial charge is 0.340 e. The Hall–Kier alpha value is -1.88. The number of pyridine rings is 1. The van der Waals surface area contributed by atoms with E-state index in [0.29, 0.717) is 10.9 Å². The van der Waals surface area contributed by atoms with Crippen LogP contribution in [0.3, 0.4) is 0 Å². The highest BCUT2D eigenvalue weighted by molar-refractivity contribution is 6.38. The van der Waals surface area contributed by atoms with Gasteiger partial charge in [-0.05, 0) is 6.07 Å². The molecular weight excluding hydrogens is 261 g/mol. The molecule has 1 aromatic carbocycles. The Morgan fingerprint density at radius 1 is 1.39 bits per heavy atom. The lowest BCUT2D eigenvalue weighted by Gasteiger charge is -2.08. The number of aromatic nitrogens is 1. The maximum atomic E-state index is 13.4. The van der Waals surface area contributed by atoms with E-state index in [1.165, 1.54) is 32.5 Å². The van der Waals surface area contributed by atoms with Gasteiger partial charge in [0, 0.05) is 17.6 Å². The second kappa shape index (κ2) is 4.78. The molecule has 0 fully saturated rings. The molecule has 0 saturated carbocycles. The lowest BCUT2D eigenvalue weighted by molar-refractivity contribution is 0.0600. The third-order valence-electron chi connectivity index (χ3n) is 2.46. The Bertz CT molecular complexity index is 630. The molecule has 2 aromatic rings. The molecule has 0 aliphatic rings. The minimum Gasteiger partial charge on any atom is -0.494 e. The average molecular weight is 270 g/mol. The Labute approximate surface area is 107 Å². The molecule has 0 aliphatic heterocycles. The topological polar surface area (TPSA) is 48.4 Å². The summed E-state index contributed by atoms with van der Waals surface area (Å²) in [4.78, 5) is 15.5. The van der Waals surface area contributed by atoms with Gasteiger partial charge < -0.3 is 9.47 Å². The lowest BCUT2D eigenvalue weighted by Crippen LogP contribution is -2.03. The van der Waals surface area contributed by atoms with E-state index in [4.69, 9.17) is 16.3 Å². The molecule has 0 atom stereocenters. The van der Waals surface area contributed by atoms with Crippen LogP contribution in [0.25, 0.3) is 10.9 Å². The second-order valence-corrected chi connectivity index (χ2v) is 3.86. The van der Waals surface area contributed by atoms with Gasteiger partial charge in [0.25, 0.3) is 0 Å². The van der Waals surface area contributed by atoms with Crippen molar-refractivity contribution in [2.45, 2.75) is 0 Å². The minimum absolute atomic E-state index is 0.0827. The number of fused-ring (bicyclic) bond motifs is 1. The first-order valence-corrected chi connectivity index (χ1v) is 5.36. The average Bonchev–Trinajstić information content (AvgIpc) is 2.38. The monoisotopic (exact) mass is 269 g/mol. The number of halogens is 2. The predicted molar refractivity (Wildman–Crippen MR) is 64.6 cm³/mol. The van der Waals surface area contributed by atoms with Gasteiger partial charge in [-0.3, -0.25) is 4.98 Å². The molecule has 18 heavy (non-hydrogen) atoms. The third kappa shape index (κ3) is 1.97. The van der Waals surface area contributed by atoms with Crippen molar-refractivity contribution in [1.29, 1.82) is 0 Å². The minimum atomic E-state index is -0.627. The number of methoxy groups -OCH3 is 2. The summed E-state index contributed by atoms with van der Waals surface area (Å²) < 4.78 is 23.0. The zero-order valence-corrected chi connectivity index (χ0v) is 10.4. The first-order chi connectivity index (χ1) is 8.58. The van der Waals surface area contributed by atoms with Crippen LogP contribution in [0.2, 0.25) is 5.02 Å². The fraction of sp³-hybridized carbons (Fsp3) is 0.167. The van der Waals surface area contributed by atoms with E-state index in [2.05, 4.69) is 9.72 Å². The molecule has 0 amide bonds. The van der Waals surface area contributed by atoms with Gasteiger partial charge in [-0.25, -0.2) is 9.18 Å². The normalized spacial score (nSPS) is 10.4. The van der Waals surface area contributed by atoms with Crippen LogP contribution in [0.15, 0.2) is 18.3 Å². The van der Waals surface area contributed by atoms with Crippen molar-refractivity contribution in [3.8, 4) is 5.75 Å². The number of nitrogens with zero attached hydrogens (tertiary/aromatic N) is 1. The van der Waals surface area contributed by atoms with Crippen LogP contribution in [0.1, 0.15) is 10.4 Å². The number of ether oxygens (including phenoxy) is 2. The van der Waals surface area contributed by atoms with Gasteiger partial charge in [0.1, 0.15) is 17.1 Å². The number of esters is 1. The summed E-state index contributed by atoms with van der Waals surface area (Å²) in [7, 11) is 2.63. The highest BCUT2D eigenvalue weighted by Crippen LogP contribution is 2.32. The zero-order valence-electron chi connectivity index (χ0n) is 9.66. The van der Waals surface area contributed by atoms with Gasteiger partial charge in [0.2, 0.25) is 0 Å². The van der Waals surface area contributed by atoms with E-state index < -0.39 is 11.8 Å². The van der Waals surface area contributed by atoms with Crippen LogP contribution < -0.4 is 4.74 Å². The Morgan fingerprint density at radius 2 is 2.11 bits per heavy atom. The molecule has 2 rings (SSSR count). The Morgan fingerprint density at radius 3 is 2.72 bits per heavy atom. The van der Waals surface area contributed by atoms with E-state index >= 15 is 0 Å². The van der Waals surface area contributed by atoms with Crippen LogP contribution in [0, 0.1) is 5.82 Å². The second-order valence-electron chi connectivity index (χ2n) is 3.48. The molecule has 0 spiro atoms. The number of carbonyl (C=O) groups excluding carboxylic acids is 1. The molecule has 1 aromatic heterocycles. The van der Waals surface area contributed by atoms with Crippen molar-refractivity contribution in [1.82, 2.24) is 4.98 Å². The molecule has 6 heteroatoms. The van der Waals surface area contributed by atoms with Gasteiger partial charge >= 0.3 is 5.97 Å². The van der Waals surface area contributed by atoms with Gasteiger partial charge in [0.15, 0.2) is 0 Å². The summed E-state index contributed by atoms with van der Waals surface area (Å²) in [6.45, 7) is 0. The largest absolute Gasteiger partial charge is 0.494 e. The van der Waals surface area contributed by atoms with Crippen molar-refractivity contribution in [3.63, 3.8) is 0 Å². The summed E-state index contributed by atoms with van der Waals surface area (Å²) in [6, 6.07) is 2.39. The molecule has 0 aliphatic carbocycles. The maximum Gasteiger partial charge on any atom is 0.340 e. The number of hydrogen-bond acceptors (Lipinski definition) is 4. The summed E-state index contributed by atoms with van der Waals surface area (Å²) in [5, 5.41) is 0.390. The summed E-state index contributed by atoms with van der Waals surface area (Å²) in [5.74, 6) is -0.897. The fourth-order valence-corrected chi connectivity index (χ4v) is 1.88. The number of hydrogen-bond donors (Lipinski definition) is 0. The Kier molecular flexibility index (Phi) is 3.34. The lowest BCUT2D eigenvalue weighted by atomic mass is 10.1. The van der Waals surface area contributed by atoms with E-state index in [-0.39, 0.29) is 16.3 Å². The van der Waals surface area contributed by atoms with Crippen molar-refractivity contribution in [2.24, 2.45) is 0 Å². The van der Waals surface area contributed by atoms with Crippen molar-refractivity contribution in [2.75, 3.05) is 14.2 Å². The van der Waals surface area contributed by atoms with Crippen molar-refractivity contribution >= 4 is 28.5 Å². The van der Waals surface area contributed by atoms with Crippen LogP contribution in [0.4, 0.5) is 4.39 Å². The predicted octanol–water partition coefficient (Wildman–Crippen LogP) is 2.82. The van der Waals surface area contributed by atoms with Gasteiger partial charge in [-0.1, -0.05) is 11.6 Å². The van der Waals surface area contributed by atoms with Crippen LogP contribution in [-0.4, -0.2) is 25.2 Å². The third-order valence-corrected chi connectivity index (χ3v) is 2.87. The quantitative estimate of drug-likeness (QED) is 0.787. The summed E-state index contributed by atoms with van der Waals surface area (Å²) in [5.41, 5.74) is 0.468. The molecule has 0 bridgehead atoms. The molecule has 1 heterocycles. The molecule has 0 saturated heterocycles. The molecule has 0 radical (unpaired) electrons. The van der Waals surface area contributed by atoms with Gasteiger partial charge in [-0.15, -0.1) is 0 Å². The standard InChI is InChI=1S/C12H9ClFNO3/c1-17-9-4-6(14)3-7-10(13)8(12(16)18-2)5-15-11(7)9/h3-5H,1-2H3. The van der Waals surface area contributed by atoms with E-state index in [1.807, 2.05) is 0 Å². The molecule has 4 nitrogen and oxygen atoms in total. The van der Waals surface area contributed by atoms with E-state index in [9.17, 15) is 9.18 Å². The summed E-state index contributed by atoms with van der Waals surface area (Å²) in [6.07, 6.45) is 1.27. The van der Waals surface area contributed by atoms with Crippen LogP contribution in [-0.2, 0) is 4.74 Å². The first kappa shape index (κ1) is 12.6. The van der Waals surface area contributed by atoms with Crippen molar-refractivity contribution < 1.29 is 18.7 Å². The fourth-order valence-electron chi connectivity index (χ4n) is 1.61. The summed E-state index contributed by atoms with van der Waals surface area (Å²) >= 11 is 6.05. The number of benzene rings is 1. The highest BCUT2D eigenvalue weighted by Gasteiger charge is 2.17. The van der Waals surface area contributed by atoms with Gasteiger partial charge in [-0.2, -0.15) is 0 Å². The molecule has 0 unspecified atom stereocenters. The molecular formula is C12H9ClFNO3. The maximum absolute atomic E-state index is 13.4. The zero-order chi connectivity index (χ0) is 13.3. The van der Waals surface area contributed by atoms with E-state index in [0.717, 1.165) is 0 Å². The Balaban J connectivity index is 2.78. The first-order valence-electron chi connectivity index (χ1n) is 4.98. The van der Waals surface area contributed by atoms with Crippen molar-refractivity contribution in [3.05, 3.63) is 34.7 Å². The number of carbonyl (C=O) groups is 1. The number of rotatable bonds is 2. The highest BCUT2D eigenvalue weighted by atomic mass is 35.5. The van der Waals surface area contributed by atoms with Crippen LogP contribution in [0.5, 0.6) is 5.75 Å². The van der Waals surface area contributed by atoms with Crippen LogP contribution >= 0.6 is 11.6 Å². The SMILES string of the molecule is COC(=O)c1cnc2c(OC)cc(F)cc2c1Cl. The molecule has 94 valence electrons. The van der Waals surface area contributed by atoms with Gasteiger partial charge in [0.05, 0.1) is 24.8 Å².